The Kier molecular flexibility index (Phi) is 2.38. The number of hydrogen-bond donors (Lipinski definition) is 1. The second-order valence-electron chi connectivity index (χ2n) is 3.98. The van der Waals surface area contributed by atoms with Gasteiger partial charge in [0.05, 0.1) is 0 Å². The van der Waals surface area contributed by atoms with E-state index in [0.717, 1.165) is 25.1 Å². The summed E-state index contributed by atoms with van der Waals surface area (Å²) in [5.41, 5.74) is 0.893. The molecule has 5 nitrogen and oxygen atoms in total. The molecule has 0 bridgehead atoms. The SMILES string of the molecule is c1cncc(-c2noc(CC3CNC3)n2)c1. The third kappa shape index (κ3) is 1.81. The van der Waals surface area contributed by atoms with Crippen LogP contribution in [0.1, 0.15) is 5.89 Å². The molecule has 0 saturated carbocycles. The van der Waals surface area contributed by atoms with Gasteiger partial charge < -0.3 is 9.84 Å². The van der Waals surface area contributed by atoms with Gasteiger partial charge in [0.15, 0.2) is 0 Å². The summed E-state index contributed by atoms with van der Waals surface area (Å²) in [5, 5.41) is 7.17. The molecule has 0 unspecified atom stereocenters. The van der Waals surface area contributed by atoms with Crippen molar-refractivity contribution in [3.05, 3.63) is 30.4 Å². The lowest BCUT2D eigenvalue weighted by Gasteiger charge is -2.25. The van der Waals surface area contributed by atoms with E-state index in [9.17, 15) is 0 Å². The minimum Gasteiger partial charge on any atom is -0.339 e. The molecule has 3 rings (SSSR count). The van der Waals surface area contributed by atoms with E-state index in [2.05, 4.69) is 20.4 Å². The van der Waals surface area contributed by atoms with E-state index in [-0.39, 0.29) is 0 Å². The number of nitrogens with one attached hydrogen (secondary N) is 1. The van der Waals surface area contributed by atoms with Crippen LogP contribution in [0.2, 0.25) is 0 Å². The summed E-state index contributed by atoms with van der Waals surface area (Å²) < 4.78 is 5.21. The summed E-state index contributed by atoms with van der Waals surface area (Å²) in [7, 11) is 0. The highest BCUT2D eigenvalue weighted by Gasteiger charge is 2.20. The molecule has 0 atom stereocenters. The monoisotopic (exact) mass is 216 g/mol. The number of aromatic nitrogens is 3. The summed E-state index contributed by atoms with van der Waals surface area (Å²) >= 11 is 0. The van der Waals surface area contributed by atoms with Crippen molar-refractivity contribution >= 4 is 0 Å². The summed E-state index contributed by atoms with van der Waals surface area (Å²) in [6.07, 6.45) is 4.32. The van der Waals surface area contributed by atoms with E-state index < -0.39 is 0 Å². The Morgan fingerprint density at radius 1 is 1.44 bits per heavy atom. The summed E-state index contributed by atoms with van der Waals surface area (Å²) in [5.74, 6) is 1.97. The Morgan fingerprint density at radius 2 is 2.38 bits per heavy atom. The molecule has 82 valence electrons. The Balaban J connectivity index is 1.77. The normalized spacial score (nSPS) is 16.0. The van der Waals surface area contributed by atoms with E-state index in [1.165, 1.54) is 0 Å². The average Bonchev–Trinajstić information content (AvgIpc) is 2.73. The molecule has 2 aromatic rings. The minimum atomic E-state index is 0.621. The van der Waals surface area contributed by atoms with E-state index in [1.807, 2.05) is 12.1 Å². The van der Waals surface area contributed by atoms with Gasteiger partial charge in [0.1, 0.15) is 0 Å². The van der Waals surface area contributed by atoms with Gasteiger partial charge in [-0.3, -0.25) is 4.98 Å². The van der Waals surface area contributed by atoms with Crippen molar-refractivity contribution < 1.29 is 4.52 Å². The highest BCUT2D eigenvalue weighted by atomic mass is 16.5. The molecular weight excluding hydrogens is 204 g/mol. The molecule has 0 aliphatic carbocycles. The van der Waals surface area contributed by atoms with Crippen LogP contribution in [0, 0.1) is 5.92 Å². The van der Waals surface area contributed by atoms with Crippen LogP contribution >= 0.6 is 0 Å². The van der Waals surface area contributed by atoms with Crippen LogP contribution in [0.15, 0.2) is 29.0 Å². The van der Waals surface area contributed by atoms with Crippen molar-refractivity contribution in [1.82, 2.24) is 20.4 Å². The van der Waals surface area contributed by atoms with Gasteiger partial charge in [-0.05, 0) is 31.1 Å². The number of hydrogen-bond acceptors (Lipinski definition) is 5. The smallest absolute Gasteiger partial charge is 0.227 e. The molecule has 1 fully saturated rings. The lowest BCUT2D eigenvalue weighted by atomic mass is 10.00. The van der Waals surface area contributed by atoms with Crippen molar-refractivity contribution in [3.63, 3.8) is 0 Å². The highest BCUT2D eigenvalue weighted by molar-refractivity contribution is 5.51. The van der Waals surface area contributed by atoms with Gasteiger partial charge in [0.2, 0.25) is 11.7 Å². The van der Waals surface area contributed by atoms with Crippen LogP contribution < -0.4 is 5.32 Å². The Morgan fingerprint density at radius 3 is 3.06 bits per heavy atom. The maximum absolute atomic E-state index is 5.21. The third-order valence-electron chi connectivity index (χ3n) is 2.72. The van der Waals surface area contributed by atoms with Crippen molar-refractivity contribution in [2.45, 2.75) is 6.42 Å². The zero-order valence-corrected chi connectivity index (χ0v) is 8.76. The summed E-state index contributed by atoms with van der Waals surface area (Å²) in [6, 6.07) is 3.79. The number of pyridine rings is 1. The molecule has 0 amide bonds. The fraction of sp³-hybridized carbons (Fsp3) is 0.364. The molecule has 0 spiro atoms. The second-order valence-corrected chi connectivity index (χ2v) is 3.98. The first-order valence-corrected chi connectivity index (χ1v) is 5.35. The van der Waals surface area contributed by atoms with Gasteiger partial charge in [-0.25, -0.2) is 0 Å². The third-order valence-corrected chi connectivity index (χ3v) is 2.72. The molecule has 1 aliphatic rings. The molecule has 5 heteroatoms. The summed E-state index contributed by atoms with van der Waals surface area (Å²) in [4.78, 5) is 8.38. The number of nitrogens with zero attached hydrogens (tertiary/aromatic N) is 3. The number of rotatable bonds is 3. The quantitative estimate of drug-likeness (QED) is 0.825. The predicted molar refractivity (Wildman–Crippen MR) is 57.6 cm³/mol. The van der Waals surface area contributed by atoms with E-state index in [4.69, 9.17) is 4.52 Å². The molecule has 1 N–H and O–H groups in total. The van der Waals surface area contributed by atoms with Gasteiger partial charge in [-0.15, -0.1) is 0 Å². The zero-order valence-electron chi connectivity index (χ0n) is 8.76. The molecule has 16 heavy (non-hydrogen) atoms. The predicted octanol–water partition coefficient (Wildman–Crippen LogP) is 0.893. The van der Waals surface area contributed by atoms with E-state index >= 15 is 0 Å². The minimum absolute atomic E-state index is 0.621. The largest absolute Gasteiger partial charge is 0.339 e. The Hall–Kier alpha value is -1.75. The molecule has 3 heterocycles. The summed E-state index contributed by atoms with van der Waals surface area (Å²) in [6.45, 7) is 2.09. The van der Waals surface area contributed by atoms with Crippen LogP contribution in [0.3, 0.4) is 0 Å². The van der Waals surface area contributed by atoms with Crippen LogP contribution in [0.4, 0.5) is 0 Å². The Labute approximate surface area is 92.9 Å². The second kappa shape index (κ2) is 4.02. The first-order valence-electron chi connectivity index (χ1n) is 5.35. The van der Waals surface area contributed by atoms with E-state index in [0.29, 0.717) is 17.6 Å². The molecule has 2 aromatic heterocycles. The van der Waals surface area contributed by atoms with Crippen molar-refractivity contribution in [2.24, 2.45) is 5.92 Å². The van der Waals surface area contributed by atoms with Crippen LogP contribution in [-0.4, -0.2) is 28.2 Å². The highest BCUT2D eigenvalue weighted by Crippen LogP contribution is 2.16. The molecule has 0 radical (unpaired) electrons. The zero-order chi connectivity index (χ0) is 10.8. The van der Waals surface area contributed by atoms with Crippen LogP contribution in [-0.2, 0) is 6.42 Å². The topological polar surface area (TPSA) is 63.8 Å². The fourth-order valence-corrected chi connectivity index (χ4v) is 1.69. The van der Waals surface area contributed by atoms with Gasteiger partial charge >= 0.3 is 0 Å². The van der Waals surface area contributed by atoms with Gasteiger partial charge in [-0.2, -0.15) is 4.98 Å². The molecular formula is C11H12N4O. The maximum Gasteiger partial charge on any atom is 0.227 e. The van der Waals surface area contributed by atoms with Gasteiger partial charge in [0.25, 0.3) is 0 Å². The van der Waals surface area contributed by atoms with Gasteiger partial charge in [0, 0.05) is 24.4 Å². The first-order chi connectivity index (χ1) is 7.92. The lowest BCUT2D eigenvalue weighted by Crippen LogP contribution is -2.43. The van der Waals surface area contributed by atoms with Crippen molar-refractivity contribution in [2.75, 3.05) is 13.1 Å². The maximum atomic E-state index is 5.21. The van der Waals surface area contributed by atoms with E-state index in [1.54, 1.807) is 12.4 Å². The molecule has 1 aliphatic heterocycles. The van der Waals surface area contributed by atoms with Crippen molar-refractivity contribution in [1.29, 1.82) is 0 Å². The van der Waals surface area contributed by atoms with Gasteiger partial charge in [-0.1, -0.05) is 5.16 Å². The fourth-order valence-electron chi connectivity index (χ4n) is 1.69. The molecule has 0 aromatic carbocycles. The van der Waals surface area contributed by atoms with Crippen LogP contribution in [0.25, 0.3) is 11.4 Å². The standard InChI is InChI=1S/C11H12N4O/c1-2-9(7-12-3-1)11-14-10(16-15-11)4-8-5-13-6-8/h1-3,7-8,13H,4-6H2. The van der Waals surface area contributed by atoms with Crippen molar-refractivity contribution in [3.8, 4) is 11.4 Å². The molecule has 1 saturated heterocycles. The average molecular weight is 216 g/mol. The van der Waals surface area contributed by atoms with Crippen LogP contribution in [0.5, 0.6) is 0 Å². The first kappa shape index (κ1) is 9.47. The lowest BCUT2D eigenvalue weighted by molar-refractivity contribution is 0.296. The Bertz CT molecular complexity index is 464.